The number of carbonyl (C=O) groups excluding carboxylic acids is 2. The molecule has 2 aromatic rings. The predicted octanol–water partition coefficient (Wildman–Crippen LogP) is 3.90. The molecule has 0 radical (unpaired) electrons. The molecule has 2 saturated carbocycles. The zero-order valence-electron chi connectivity index (χ0n) is 16.1. The summed E-state index contributed by atoms with van der Waals surface area (Å²) in [5, 5.41) is 16.7. The molecule has 2 amide bonds. The van der Waals surface area contributed by atoms with E-state index in [1.807, 2.05) is 0 Å². The average Bonchev–Trinajstić information content (AvgIpc) is 3.39. The van der Waals surface area contributed by atoms with Crippen LogP contribution < -0.4 is 0 Å². The van der Waals surface area contributed by atoms with Crippen LogP contribution >= 0.6 is 11.6 Å². The van der Waals surface area contributed by atoms with E-state index in [9.17, 15) is 19.7 Å². The summed E-state index contributed by atoms with van der Waals surface area (Å²) < 4.78 is 5.67. The third-order valence-corrected chi connectivity index (χ3v) is 7.22. The van der Waals surface area contributed by atoms with E-state index in [0.29, 0.717) is 11.8 Å². The van der Waals surface area contributed by atoms with Gasteiger partial charge in [-0.1, -0.05) is 23.8 Å². The predicted molar refractivity (Wildman–Crippen MR) is 110 cm³/mol. The SMILES string of the molecule is O=C1[C@@H]2[C@@H]3C=C[C@H]([C@H]4C[C@H]34)[C@@H]2C(=O)N1/N=C\c1ccc(-c2ccc(Cl)cc2[N+](=O)[O-])o1. The van der Waals surface area contributed by atoms with Crippen molar-refractivity contribution in [2.45, 2.75) is 6.42 Å². The van der Waals surface area contributed by atoms with Crippen molar-refractivity contribution >= 4 is 35.3 Å². The summed E-state index contributed by atoms with van der Waals surface area (Å²) in [6, 6.07) is 7.45. The normalized spacial score (nSPS) is 32.6. The van der Waals surface area contributed by atoms with E-state index in [-0.39, 0.29) is 63.3 Å². The van der Waals surface area contributed by atoms with Gasteiger partial charge in [-0.2, -0.15) is 10.1 Å². The number of imide groups is 1. The number of nitro benzene ring substituents is 1. The number of hydrogen-bond acceptors (Lipinski definition) is 6. The summed E-state index contributed by atoms with van der Waals surface area (Å²) in [5.41, 5.74) is 0.0936. The van der Waals surface area contributed by atoms with Gasteiger partial charge < -0.3 is 4.42 Å². The maximum atomic E-state index is 12.9. The van der Waals surface area contributed by atoms with E-state index in [1.165, 1.54) is 24.4 Å². The van der Waals surface area contributed by atoms with Crippen molar-refractivity contribution < 1.29 is 18.9 Å². The fourth-order valence-corrected chi connectivity index (χ4v) is 5.77. The number of allylic oxidation sites excluding steroid dienone is 2. The number of nitro groups is 1. The smallest absolute Gasteiger partial charge is 0.281 e. The molecule has 5 aliphatic rings. The molecule has 6 atom stereocenters. The summed E-state index contributed by atoms with van der Waals surface area (Å²) in [5.74, 6) is 0.736. The van der Waals surface area contributed by atoms with Crippen LogP contribution in [0.4, 0.5) is 5.69 Å². The van der Waals surface area contributed by atoms with Gasteiger partial charge >= 0.3 is 0 Å². The number of benzene rings is 1. The molecular weight excluding hydrogens is 422 g/mol. The second-order valence-corrected chi connectivity index (χ2v) is 8.94. The fourth-order valence-electron chi connectivity index (χ4n) is 5.60. The van der Waals surface area contributed by atoms with Crippen LogP contribution in [-0.4, -0.2) is 28.0 Å². The minimum Gasteiger partial charge on any atom is -0.455 e. The third-order valence-electron chi connectivity index (χ3n) is 6.99. The third kappa shape index (κ3) is 2.64. The van der Waals surface area contributed by atoms with Crippen LogP contribution in [0, 0.1) is 45.6 Å². The minimum atomic E-state index is -0.534. The van der Waals surface area contributed by atoms with Crippen LogP contribution in [0.15, 0.2) is 52.0 Å². The first-order valence-electron chi connectivity index (χ1n) is 10.1. The van der Waals surface area contributed by atoms with Gasteiger partial charge in [0.25, 0.3) is 17.5 Å². The largest absolute Gasteiger partial charge is 0.455 e. The Morgan fingerprint density at radius 1 is 1.10 bits per heavy atom. The topological polar surface area (TPSA) is 106 Å². The van der Waals surface area contributed by atoms with E-state index in [2.05, 4.69) is 17.3 Å². The molecule has 7 rings (SSSR count). The Hall–Kier alpha value is -3.26. The number of hydrazone groups is 1. The van der Waals surface area contributed by atoms with Gasteiger partial charge in [-0.15, -0.1) is 0 Å². The Morgan fingerprint density at radius 2 is 1.77 bits per heavy atom. The Bertz CT molecular complexity index is 1180. The second-order valence-electron chi connectivity index (χ2n) is 8.51. The van der Waals surface area contributed by atoms with Gasteiger partial charge in [0.15, 0.2) is 0 Å². The van der Waals surface area contributed by atoms with Crippen LogP contribution in [0.3, 0.4) is 0 Å². The van der Waals surface area contributed by atoms with E-state index in [4.69, 9.17) is 16.0 Å². The Kier molecular flexibility index (Phi) is 3.80. The first-order valence-corrected chi connectivity index (χ1v) is 10.5. The number of carbonyl (C=O) groups is 2. The molecule has 2 heterocycles. The minimum absolute atomic E-state index is 0.136. The van der Waals surface area contributed by atoms with Crippen molar-refractivity contribution in [1.29, 1.82) is 0 Å². The van der Waals surface area contributed by atoms with Crippen molar-refractivity contribution in [3.8, 4) is 11.3 Å². The van der Waals surface area contributed by atoms with Crippen LogP contribution in [0.1, 0.15) is 12.2 Å². The molecule has 0 unspecified atom stereocenters. The van der Waals surface area contributed by atoms with Crippen LogP contribution in [0.5, 0.6) is 0 Å². The molecule has 1 aromatic carbocycles. The molecular formula is C22H16ClN3O5. The molecule has 1 saturated heterocycles. The van der Waals surface area contributed by atoms with E-state index >= 15 is 0 Å². The Balaban J connectivity index is 1.26. The van der Waals surface area contributed by atoms with Crippen LogP contribution in [-0.2, 0) is 9.59 Å². The lowest BCUT2D eigenvalue weighted by Gasteiger charge is -2.37. The standard InChI is InChI=1S/C22H16ClN3O5/c23-10-1-3-14(17(7-10)26(29)30)18-6-2-11(31-18)9-24-25-21(27)19-12-4-5-13(16-8-15(12)16)20(19)22(25)28/h1-7,9,12-13,15-16,19-20H,8H2/b24-9-/t12-,13-,15-,16-,19-,20+/m1/s1. The lowest BCUT2D eigenvalue weighted by Crippen LogP contribution is -2.40. The lowest BCUT2D eigenvalue weighted by molar-refractivity contribution is -0.384. The average molecular weight is 438 g/mol. The summed E-state index contributed by atoms with van der Waals surface area (Å²) in [4.78, 5) is 36.7. The van der Waals surface area contributed by atoms with Crippen molar-refractivity contribution in [1.82, 2.24) is 5.01 Å². The second kappa shape index (κ2) is 6.37. The highest BCUT2D eigenvalue weighted by atomic mass is 35.5. The van der Waals surface area contributed by atoms with Crippen molar-refractivity contribution in [3.63, 3.8) is 0 Å². The molecule has 156 valence electrons. The first kappa shape index (κ1) is 18.5. The number of amides is 2. The van der Waals surface area contributed by atoms with Gasteiger partial charge in [0.2, 0.25) is 0 Å². The highest BCUT2D eigenvalue weighted by molar-refractivity contribution is 6.30. The van der Waals surface area contributed by atoms with Gasteiger partial charge in [0.05, 0.1) is 28.5 Å². The van der Waals surface area contributed by atoms with Crippen LogP contribution in [0.2, 0.25) is 5.02 Å². The summed E-state index contributed by atoms with van der Waals surface area (Å²) in [6.45, 7) is 0. The molecule has 0 spiro atoms. The zero-order valence-corrected chi connectivity index (χ0v) is 16.8. The summed E-state index contributed by atoms with van der Waals surface area (Å²) in [7, 11) is 0. The molecule has 0 N–H and O–H groups in total. The molecule has 9 heteroatoms. The van der Waals surface area contributed by atoms with Gasteiger partial charge in [0, 0.05) is 11.1 Å². The van der Waals surface area contributed by atoms with E-state index in [0.717, 1.165) is 11.4 Å². The maximum Gasteiger partial charge on any atom is 0.281 e. The highest BCUT2D eigenvalue weighted by Gasteiger charge is 2.67. The Morgan fingerprint density at radius 3 is 2.42 bits per heavy atom. The monoisotopic (exact) mass is 437 g/mol. The van der Waals surface area contributed by atoms with Crippen molar-refractivity contribution in [3.05, 3.63) is 63.4 Å². The highest BCUT2D eigenvalue weighted by Crippen LogP contribution is 2.65. The van der Waals surface area contributed by atoms with Crippen molar-refractivity contribution in [2.75, 3.05) is 0 Å². The fraction of sp³-hybridized carbons (Fsp3) is 0.318. The van der Waals surface area contributed by atoms with Crippen molar-refractivity contribution in [2.24, 2.45) is 40.6 Å². The molecule has 4 aliphatic carbocycles. The molecule has 2 bridgehead atoms. The van der Waals surface area contributed by atoms with E-state index < -0.39 is 4.92 Å². The summed E-state index contributed by atoms with van der Waals surface area (Å²) in [6.07, 6.45) is 6.62. The van der Waals surface area contributed by atoms with E-state index in [1.54, 1.807) is 12.1 Å². The van der Waals surface area contributed by atoms with Gasteiger partial charge in [-0.05, 0) is 54.4 Å². The lowest BCUT2D eigenvalue weighted by atomic mass is 9.63. The zero-order chi connectivity index (χ0) is 21.4. The van der Waals surface area contributed by atoms with Gasteiger partial charge in [0.1, 0.15) is 11.5 Å². The molecule has 3 fully saturated rings. The Labute approximate surface area is 181 Å². The molecule has 31 heavy (non-hydrogen) atoms. The van der Waals surface area contributed by atoms with Crippen LogP contribution in [0.25, 0.3) is 11.3 Å². The van der Waals surface area contributed by atoms with Gasteiger partial charge in [-0.25, -0.2) is 0 Å². The quantitative estimate of drug-likeness (QED) is 0.237. The first-order chi connectivity index (χ1) is 14.9. The maximum absolute atomic E-state index is 12.9. The summed E-state index contributed by atoms with van der Waals surface area (Å²) >= 11 is 5.86. The van der Waals surface area contributed by atoms with Gasteiger partial charge in [-0.3, -0.25) is 19.7 Å². The molecule has 8 nitrogen and oxygen atoms in total. The number of halogens is 1. The number of hydrogen-bond donors (Lipinski definition) is 0. The molecule has 1 aliphatic heterocycles. The number of nitrogens with zero attached hydrogens (tertiary/aromatic N) is 3. The number of rotatable bonds is 4. The molecule has 1 aromatic heterocycles. The number of furan rings is 1.